The number of hydrogen-bond acceptors (Lipinski definition) is 3. The van der Waals surface area contributed by atoms with E-state index >= 15 is 0 Å². The molecule has 0 saturated heterocycles. The molecule has 1 aromatic rings. The first kappa shape index (κ1) is 14.8. The number of carbonyl (C=O) groups excluding carboxylic acids is 1. The predicted molar refractivity (Wildman–Crippen MR) is 72.3 cm³/mol. The van der Waals surface area contributed by atoms with E-state index < -0.39 is 5.97 Å². The third kappa shape index (κ3) is 4.83. The highest BCUT2D eigenvalue weighted by atomic mass is 16.5. The first-order valence-corrected chi connectivity index (χ1v) is 5.87. The second kappa shape index (κ2) is 7.20. The molecule has 0 fully saturated rings. The average molecular weight is 263 g/mol. The monoisotopic (exact) mass is 263 g/mol. The zero-order chi connectivity index (χ0) is 14.3. The maximum absolute atomic E-state index is 10.9. The van der Waals surface area contributed by atoms with Crippen LogP contribution in [0.4, 0.5) is 0 Å². The van der Waals surface area contributed by atoms with E-state index in [1.165, 1.54) is 20.1 Å². The molecule has 0 bridgehead atoms. The van der Waals surface area contributed by atoms with Gasteiger partial charge >= 0.3 is 5.97 Å². The summed E-state index contributed by atoms with van der Waals surface area (Å²) in [5.41, 5.74) is 0.988. The van der Waals surface area contributed by atoms with Crippen LogP contribution in [0.15, 0.2) is 24.3 Å². The van der Waals surface area contributed by atoms with Gasteiger partial charge in [0.2, 0.25) is 5.91 Å². The summed E-state index contributed by atoms with van der Waals surface area (Å²) in [4.78, 5) is 21.6. The minimum Gasteiger partial charge on any atom is -0.496 e. The largest absolute Gasteiger partial charge is 0.496 e. The fourth-order valence-corrected chi connectivity index (χ4v) is 1.54. The molecule has 0 heterocycles. The van der Waals surface area contributed by atoms with Crippen LogP contribution in [-0.2, 0) is 4.79 Å². The van der Waals surface area contributed by atoms with Gasteiger partial charge < -0.3 is 15.2 Å². The van der Waals surface area contributed by atoms with E-state index in [-0.39, 0.29) is 11.5 Å². The molecule has 2 N–H and O–H groups in total. The third-order valence-corrected chi connectivity index (χ3v) is 2.45. The molecule has 102 valence electrons. The molecular weight excluding hydrogens is 246 g/mol. The van der Waals surface area contributed by atoms with Gasteiger partial charge in [-0.2, -0.15) is 0 Å². The van der Waals surface area contributed by atoms with Crippen molar-refractivity contribution in [1.29, 1.82) is 0 Å². The molecule has 5 nitrogen and oxygen atoms in total. The number of methoxy groups -OCH3 is 1. The Bertz CT molecular complexity index is 494. The second-order valence-electron chi connectivity index (χ2n) is 3.94. The average Bonchev–Trinajstić information content (AvgIpc) is 2.37. The highest BCUT2D eigenvalue weighted by Crippen LogP contribution is 2.21. The molecular formula is C14H17NO4. The molecule has 5 heteroatoms. The van der Waals surface area contributed by atoms with Gasteiger partial charge in [0.25, 0.3) is 0 Å². The van der Waals surface area contributed by atoms with Crippen molar-refractivity contribution in [3.63, 3.8) is 0 Å². The summed E-state index contributed by atoms with van der Waals surface area (Å²) >= 11 is 0. The van der Waals surface area contributed by atoms with Gasteiger partial charge in [-0.25, -0.2) is 4.79 Å². The Morgan fingerprint density at radius 3 is 2.74 bits per heavy atom. The van der Waals surface area contributed by atoms with Crippen molar-refractivity contribution in [2.45, 2.75) is 13.3 Å². The first-order valence-electron chi connectivity index (χ1n) is 5.87. The fraction of sp³-hybridized carbons (Fsp3) is 0.286. The Morgan fingerprint density at radius 2 is 2.16 bits per heavy atom. The molecule has 0 spiro atoms. The van der Waals surface area contributed by atoms with Crippen LogP contribution in [-0.4, -0.2) is 30.6 Å². The van der Waals surface area contributed by atoms with Crippen molar-refractivity contribution >= 4 is 18.0 Å². The molecule has 0 aliphatic heterocycles. The van der Waals surface area contributed by atoms with Crippen molar-refractivity contribution < 1.29 is 19.4 Å². The number of rotatable bonds is 6. The number of carboxylic acid groups (broad SMARTS) is 1. The standard InChI is InChI=1S/C14H17NO4/c1-10(16)15-8-4-3-5-11-6-7-12(14(17)18)13(9-11)19-2/h3,5-7,9H,4,8H2,1-2H3,(H,15,16)(H,17,18). The summed E-state index contributed by atoms with van der Waals surface area (Å²) in [6, 6.07) is 4.88. The van der Waals surface area contributed by atoms with Crippen molar-refractivity contribution in [2.75, 3.05) is 13.7 Å². The summed E-state index contributed by atoms with van der Waals surface area (Å²) < 4.78 is 5.03. The summed E-state index contributed by atoms with van der Waals surface area (Å²) in [6.45, 7) is 2.05. The van der Waals surface area contributed by atoms with Gasteiger partial charge in [-0.05, 0) is 24.1 Å². The van der Waals surface area contributed by atoms with Crippen LogP contribution >= 0.6 is 0 Å². The topological polar surface area (TPSA) is 75.6 Å². The molecule has 19 heavy (non-hydrogen) atoms. The number of benzene rings is 1. The third-order valence-electron chi connectivity index (χ3n) is 2.45. The number of amides is 1. The van der Waals surface area contributed by atoms with Crippen molar-refractivity contribution in [3.8, 4) is 5.75 Å². The minimum absolute atomic E-state index is 0.0547. The van der Waals surface area contributed by atoms with E-state index in [4.69, 9.17) is 9.84 Å². The maximum atomic E-state index is 10.9. The van der Waals surface area contributed by atoms with Crippen molar-refractivity contribution in [2.24, 2.45) is 0 Å². The van der Waals surface area contributed by atoms with Crippen LogP contribution < -0.4 is 10.1 Å². The molecule has 0 radical (unpaired) electrons. The molecule has 1 aromatic carbocycles. The number of carbonyl (C=O) groups is 2. The minimum atomic E-state index is -1.02. The van der Waals surface area contributed by atoms with E-state index in [1.54, 1.807) is 12.1 Å². The summed E-state index contributed by atoms with van der Waals surface area (Å²) in [6.07, 6.45) is 4.48. The van der Waals surface area contributed by atoms with E-state index in [2.05, 4.69) is 5.32 Å². The lowest BCUT2D eigenvalue weighted by atomic mass is 10.1. The lowest BCUT2D eigenvalue weighted by Crippen LogP contribution is -2.20. The van der Waals surface area contributed by atoms with Crippen LogP contribution in [0, 0.1) is 0 Å². The Hall–Kier alpha value is -2.30. The Kier molecular flexibility index (Phi) is 5.60. The van der Waals surface area contributed by atoms with Crippen LogP contribution in [0.5, 0.6) is 5.75 Å². The van der Waals surface area contributed by atoms with Gasteiger partial charge in [0, 0.05) is 13.5 Å². The van der Waals surface area contributed by atoms with Crippen molar-refractivity contribution in [3.05, 3.63) is 35.4 Å². The maximum Gasteiger partial charge on any atom is 0.339 e. The Balaban J connectivity index is 2.67. The number of nitrogens with one attached hydrogen (secondary N) is 1. The molecule has 1 rings (SSSR count). The normalized spacial score (nSPS) is 10.4. The fourth-order valence-electron chi connectivity index (χ4n) is 1.54. The number of hydrogen-bond donors (Lipinski definition) is 2. The summed E-state index contributed by atoms with van der Waals surface area (Å²) in [7, 11) is 1.44. The van der Waals surface area contributed by atoms with Crippen LogP contribution in [0.3, 0.4) is 0 Å². The van der Waals surface area contributed by atoms with Crippen molar-refractivity contribution in [1.82, 2.24) is 5.32 Å². The lowest BCUT2D eigenvalue weighted by Gasteiger charge is -2.05. The van der Waals surface area contributed by atoms with Crippen LogP contribution in [0.25, 0.3) is 6.08 Å². The quantitative estimate of drug-likeness (QED) is 0.769. The smallest absolute Gasteiger partial charge is 0.339 e. The summed E-state index contributed by atoms with van der Waals surface area (Å²) in [5, 5.41) is 11.6. The zero-order valence-corrected chi connectivity index (χ0v) is 11.0. The van der Waals surface area contributed by atoms with E-state index in [1.807, 2.05) is 12.2 Å². The number of carboxylic acids is 1. The molecule has 0 aliphatic rings. The van der Waals surface area contributed by atoms with Gasteiger partial charge in [-0.3, -0.25) is 4.79 Å². The molecule has 1 amide bonds. The molecule has 0 unspecified atom stereocenters. The van der Waals surface area contributed by atoms with Crippen LogP contribution in [0.2, 0.25) is 0 Å². The van der Waals surface area contributed by atoms with Gasteiger partial charge in [-0.15, -0.1) is 0 Å². The zero-order valence-electron chi connectivity index (χ0n) is 11.0. The molecule has 0 aromatic heterocycles. The molecule has 0 saturated carbocycles. The Labute approximate surface area is 111 Å². The van der Waals surface area contributed by atoms with Gasteiger partial charge in [-0.1, -0.05) is 18.2 Å². The lowest BCUT2D eigenvalue weighted by molar-refractivity contribution is -0.118. The van der Waals surface area contributed by atoms with Gasteiger partial charge in [0.05, 0.1) is 7.11 Å². The number of ether oxygens (including phenoxy) is 1. The van der Waals surface area contributed by atoms with E-state index in [0.717, 1.165) is 5.56 Å². The Morgan fingerprint density at radius 1 is 1.42 bits per heavy atom. The highest BCUT2D eigenvalue weighted by Gasteiger charge is 2.09. The SMILES string of the molecule is COc1cc(C=CCCNC(C)=O)ccc1C(=O)O. The molecule has 0 atom stereocenters. The highest BCUT2D eigenvalue weighted by molar-refractivity contribution is 5.91. The van der Waals surface area contributed by atoms with Gasteiger partial charge in [0.15, 0.2) is 0 Å². The second-order valence-corrected chi connectivity index (χ2v) is 3.94. The van der Waals surface area contributed by atoms with E-state index in [9.17, 15) is 9.59 Å². The summed E-state index contributed by atoms with van der Waals surface area (Å²) in [5.74, 6) is -0.740. The van der Waals surface area contributed by atoms with E-state index in [0.29, 0.717) is 18.7 Å². The van der Waals surface area contributed by atoms with Gasteiger partial charge in [0.1, 0.15) is 11.3 Å². The number of aromatic carboxylic acids is 1. The first-order chi connectivity index (χ1) is 9.04. The van der Waals surface area contributed by atoms with Crippen LogP contribution in [0.1, 0.15) is 29.3 Å². The predicted octanol–water partition coefficient (Wildman–Crippen LogP) is 1.93. The molecule has 0 aliphatic carbocycles.